The predicted molar refractivity (Wildman–Crippen MR) is 84.5 cm³/mol. The zero-order chi connectivity index (χ0) is 15.5. The molecule has 0 bridgehead atoms. The van der Waals surface area contributed by atoms with Gasteiger partial charge in [0.15, 0.2) is 0 Å². The third kappa shape index (κ3) is 3.04. The van der Waals surface area contributed by atoms with E-state index in [1.165, 1.54) is 25.1 Å². The molecule has 1 aromatic heterocycles. The third-order valence-electron chi connectivity index (χ3n) is 3.08. The molecule has 112 valence electrons. The second-order valence-corrected chi connectivity index (χ2v) is 5.61. The fourth-order valence-corrected chi connectivity index (χ4v) is 2.79. The van der Waals surface area contributed by atoms with E-state index in [1.807, 2.05) is 6.07 Å². The Labute approximate surface area is 131 Å². The van der Waals surface area contributed by atoms with E-state index in [9.17, 15) is 9.59 Å². The van der Waals surface area contributed by atoms with Crippen LogP contribution in [-0.4, -0.2) is 29.7 Å². The van der Waals surface area contributed by atoms with E-state index in [0.717, 1.165) is 4.90 Å². The molecule has 7 heteroatoms. The second kappa shape index (κ2) is 6.07. The molecule has 0 saturated carbocycles. The first-order valence-electron chi connectivity index (χ1n) is 6.54. The second-order valence-electron chi connectivity index (χ2n) is 4.59. The van der Waals surface area contributed by atoms with Gasteiger partial charge in [-0.25, -0.2) is 4.98 Å². The topological polar surface area (TPSA) is 80.3 Å². The summed E-state index contributed by atoms with van der Waals surface area (Å²) in [7, 11) is 1.53. The van der Waals surface area contributed by atoms with Gasteiger partial charge in [0.1, 0.15) is 0 Å². The van der Waals surface area contributed by atoms with E-state index < -0.39 is 0 Å². The Balaban J connectivity index is 1.77. The lowest BCUT2D eigenvalue weighted by molar-refractivity contribution is -0.113. The van der Waals surface area contributed by atoms with Crippen LogP contribution in [0.3, 0.4) is 0 Å². The van der Waals surface area contributed by atoms with Crippen molar-refractivity contribution in [3.8, 4) is 5.88 Å². The molecule has 0 radical (unpaired) electrons. The molecule has 6 nitrogen and oxygen atoms in total. The van der Waals surface area contributed by atoms with Gasteiger partial charge in [-0.3, -0.25) is 9.59 Å². The number of carbonyl (C=O) groups excluding carboxylic acids is 2. The molecule has 1 aliphatic heterocycles. The summed E-state index contributed by atoms with van der Waals surface area (Å²) in [4.78, 5) is 28.6. The predicted octanol–water partition coefficient (Wildman–Crippen LogP) is 2.39. The quantitative estimate of drug-likeness (QED) is 0.909. The molecule has 2 N–H and O–H groups in total. The normalized spacial score (nSPS) is 13.0. The number of pyridine rings is 1. The monoisotopic (exact) mass is 315 g/mol. The summed E-state index contributed by atoms with van der Waals surface area (Å²) in [5.41, 5.74) is 1.71. The minimum atomic E-state index is -0.264. The van der Waals surface area contributed by atoms with Gasteiger partial charge < -0.3 is 15.4 Å². The average Bonchev–Trinajstić information content (AvgIpc) is 2.54. The first-order valence-corrected chi connectivity index (χ1v) is 7.52. The fraction of sp³-hybridized carbons (Fsp3) is 0.133. The lowest BCUT2D eigenvalue weighted by atomic mass is 10.1. The summed E-state index contributed by atoms with van der Waals surface area (Å²) in [6, 6.07) is 8.61. The van der Waals surface area contributed by atoms with Crippen molar-refractivity contribution in [2.24, 2.45) is 0 Å². The number of hydrogen-bond donors (Lipinski definition) is 2. The van der Waals surface area contributed by atoms with E-state index in [4.69, 9.17) is 4.74 Å². The van der Waals surface area contributed by atoms with Crippen LogP contribution < -0.4 is 15.4 Å². The van der Waals surface area contributed by atoms with Crippen molar-refractivity contribution >= 4 is 35.0 Å². The summed E-state index contributed by atoms with van der Waals surface area (Å²) in [5.74, 6) is 0.552. The van der Waals surface area contributed by atoms with Gasteiger partial charge in [0, 0.05) is 16.5 Å². The summed E-state index contributed by atoms with van der Waals surface area (Å²) in [5, 5.41) is 5.52. The smallest absolute Gasteiger partial charge is 0.255 e. The Hall–Kier alpha value is -2.54. The number of amides is 2. The average molecular weight is 315 g/mol. The van der Waals surface area contributed by atoms with Crippen molar-refractivity contribution < 1.29 is 14.3 Å². The van der Waals surface area contributed by atoms with Gasteiger partial charge in [0.25, 0.3) is 5.91 Å². The van der Waals surface area contributed by atoms with Crippen LogP contribution in [0.25, 0.3) is 0 Å². The third-order valence-corrected chi connectivity index (χ3v) is 4.15. The summed E-state index contributed by atoms with van der Waals surface area (Å²) < 4.78 is 4.96. The van der Waals surface area contributed by atoms with E-state index in [1.54, 1.807) is 24.3 Å². The number of hydrogen-bond acceptors (Lipinski definition) is 5. The number of nitrogens with zero attached hydrogens (tertiary/aromatic N) is 1. The van der Waals surface area contributed by atoms with Gasteiger partial charge in [-0.05, 0) is 24.3 Å². The first kappa shape index (κ1) is 14.4. The number of anilines is 2. The number of benzene rings is 1. The van der Waals surface area contributed by atoms with Gasteiger partial charge in [-0.2, -0.15) is 0 Å². The number of fused-ring (bicyclic) bond motifs is 1. The lowest BCUT2D eigenvalue weighted by Gasteiger charge is -2.16. The Morgan fingerprint density at radius 3 is 2.95 bits per heavy atom. The van der Waals surface area contributed by atoms with Gasteiger partial charge in [0.05, 0.1) is 30.4 Å². The molecule has 0 fully saturated rings. The Bertz CT molecular complexity index is 731. The molecule has 3 rings (SSSR count). The highest BCUT2D eigenvalue weighted by Gasteiger charge is 2.17. The van der Waals surface area contributed by atoms with Crippen LogP contribution in [0.1, 0.15) is 10.4 Å². The van der Waals surface area contributed by atoms with E-state index >= 15 is 0 Å². The molecule has 2 amide bonds. The number of carbonyl (C=O) groups is 2. The molecule has 1 aromatic carbocycles. The molecule has 2 aromatic rings. The first-order chi connectivity index (χ1) is 10.7. The van der Waals surface area contributed by atoms with Crippen LogP contribution in [0.15, 0.2) is 41.4 Å². The Morgan fingerprint density at radius 2 is 2.23 bits per heavy atom. The molecule has 22 heavy (non-hydrogen) atoms. The fourth-order valence-electron chi connectivity index (χ4n) is 2.00. The maximum atomic E-state index is 12.2. The highest BCUT2D eigenvalue weighted by Crippen LogP contribution is 2.32. The van der Waals surface area contributed by atoms with Gasteiger partial charge in [-0.15, -0.1) is 11.8 Å². The van der Waals surface area contributed by atoms with E-state index in [0.29, 0.717) is 28.6 Å². The molecule has 0 saturated heterocycles. The number of nitrogens with one attached hydrogen (secondary N) is 2. The van der Waals surface area contributed by atoms with Crippen molar-refractivity contribution in [3.63, 3.8) is 0 Å². The van der Waals surface area contributed by atoms with Crippen molar-refractivity contribution in [1.82, 2.24) is 4.98 Å². The number of ether oxygens (including phenoxy) is 1. The molecule has 0 unspecified atom stereocenters. The number of aromatic nitrogens is 1. The minimum absolute atomic E-state index is 0.0607. The standard InChI is InChI=1S/C15H13N3O3S/c1-21-14-5-3-10(7-16-14)17-15(20)9-2-4-12-11(6-9)18-13(19)8-22-12/h2-7H,8H2,1H3,(H,17,20)(H,18,19). The van der Waals surface area contributed by atoms with Crippen LogP contribution >= 0.6 is 11.8 Å². The lowest BCUT2D eigenvalue weighted by Crippen LogP contribution is -2.19. The van der Waals surface area contributed by atoms with Crippen LogP contribution in [0.5, 0.6) is 5.88 Å². The molecule has 0 aliphatic carbocycles. The molecule has 1 aliphatic rings. The van der Waals surface area contributed by atoms with E-state index in [-0.39, 0.29) is 11.8 Å². The van der Waals surface area contributed by atoms with E-state index in [2.05, 4.69) is 15.6 Å². The summed E-state index contributed by atoms with van der Waals surface area (Å²) >= 11 is 1.46. The highest BCUT2D eigenvalue weighted by atomic mass is 32.2. The Morgan fingerprint density at radius 1 is 1.36 bits per heavy atom. The largest absolute Gasteiger partial charge is 0.481 e. The zero-order valence-electron chi connectivity index (χ0n) is 11.8. The Kier molecular flexibility index (Phi) is 3.97. The van der Waals surface area contributed by atoms with Crippen molar-refractivity contribution in [1.29, 1.82) is 0 Å². The maximum Gasteiger partial charge on any atom is 0.255 e. The molecule has 0 atom stereocenters. The van der Waals surface area contributed by atoms with Crippen LogP contribution in [0.4, 0.5) is 11.4 Å². The number of rotatable bonds is 3. The number of methoxy groups -OCH3 is 1. The van der Waals surface area contributed by atoms with Gasteiger partial charge in [-0.1, -0.05) is 0 Å². The van der Waals surface area contributed by atoms with Crippen molar-refractivity contribution in [2.45, 2.75) is 4.90 Å². The van der Waals surface area contributed by atoms with Crippen molar-refractivity contribution in [3.05, 3.63) is 42.1 Å². The zero-order valence-corrected chi connectivity index (χ0v) is 12.6. The van der Waals surface area contributed by atoms with Gasteiger partial charge in [0.2, 0.25) is 11.8 Å². The van der Waals surface area contributed by atoms with Crippen LogP contribution in [0, 0.1) is 0 Å². The summed E-state index contributed by atoms with van der Waals surface area (Å²) in [6.45, 7) is 0. The van der Waals surface area contributed by atoms with Crippen molar-refractivity contribution in [2.75, 3.05) is 23.5 Å². The summed E-state index contributed by atoms with van der Waals surface area (Å²) in [6.07, 6.45) is 1.52. The molecule has 2 heterocycles. The maximum absolute atomic E-state index is 12.2. The number of thioether (sulfide) groups is 1. The van der Waals surface area contributed by atoms with Crippen LogP contribution in [0.2, 0.25) is 0 Å². The molecular weight excluding hydrogens is 302 g/mol. The SMILES string of the molecule is COc1ccc(NC(=O)c2ccc3c(c2)NC(=O)CS3)cn1. The minimum Gasteiger partial charge on any atom is -0.481 e. The van der Waals surface area contributed by atoms with Crippen LogP contribution in [-0.2, 0) is 4.79 Å². The molecule has 0 spiro atoms. The highest BCUT2D eigenvalue weighted by molar-refractivity contribution is 8.00. The molecular formula is C15H13N3O3S. The van der Waals surface area contributed by atoms with Gasteiger partial charge >= 0.3 is 0 Å².